The molecule has 4 aromatic carbocycles. The average Bonchev–Trinajstić information content (AvgIpc) is 1.94. The number of anilines is 1. The van der Waals surface area contributed by atoms with Gasteiger partial charge in [0, 0.05) is 119 Å². The van der Waals surface area contributed by atoms with E-state index in [9.17, 15) is 48.7 Å². The van der Waals surface area contributed by atoms with E-state index in [1.54, 1.807) is 18.2 Å². The smallest absolute Gasteiger partial charge is 0.333 e. The van der Waals surface area contributed by atoms with E-state index in [1.807, 2.05) is 63.3 Å². The van der Waals surface area contributed by atoms with Crippen molar-refractivity contribution in [1.82, 2.24) is 9.37 Å². The third kappa shape index (κ3) is 13.3. The Morgan fingerprint density at radius 1 is 0.805 bits per heavy atom. The molecular weight excluding hydrogens is 1190 g/mol. The van der Waals surface area contributed by atoms with Gasteiger partial charge in [0.1, 0.15) is 6.54 Å². The summed E-state index contributed by atoms with van der Waals surface area (Å²) in [6, 6.07) is 15.1. The second kappa shape index (κ2) is 25.7. The number of likely N-dealkylation sites (N-methyl/N-ethyl adjacent to an activating group) is 1. The highest BCUT2D eigenvalue weighted by Gasteiger charge is 2.46. The highest BCUT2D eigenvalue weighted by atomic mass is 32.2. The van der Waals surface area contributed by atoms with E-state index in [-0.39, 0.29) is 52.7 Å². The number of benzene rings is 4. The van der Waals surface area contributed by atoms with Gasteiger partial charge in [-0.2, -0.15) is 21.4 Å². The van der Waals surface area contributed by atoms with Gasteiger partial charge in [-0.25, -0.2) is 28.0 Å². The van der Waals surface area contributed by atoms with Crippen LogP contribution < -0.4 is 4.90 Å². The molecule has 3 heterocycles. The Kier molecular flexibility index (Phi) is 19.7. The van der Waals surface area contributed by atoms with Crippen LogP contribution in [0.15, 0.2) is 115 Å². The number of amides is 2. The molecule has 0 saturated carbocycles. The van der Waals surface area contributed by atoms with Crippen LogP contribution in [0.3, 0.4) is 0 Å². The van der Waals surface area contributed by atoms with Crippen LogP contribution in [0.1, 0.15) is 97.1 Å². The van der Waals surface area contributed by atoms with Gasteiger partial charge in [0.05, 0.1) is 33.0 Å². The van der Waals surface area contributed by atoms with Crippen molar-refractivity contribution in [3.63, 3.8) is 0 Å². The minimum atomic E-state index is -4.69. The fourth-order valence-electron chi connectivity index (χ4n) is 11.2. The summed E-state index contributed by atoms with van der Waals surface area (Å²) >= 11 is 2.81. The molecule has 0 bridgehead atoms. The van der Waals surface area contributed by atoms with Gasteiger partial charge in [0.2, 0.25) is 15.7 Å². The van der Waals surface area contributed by atoms with Crippen molar-refractivity contribution in [2.75, 3.05) is 48.8 Å². The van der Waals surface area contributed by atoms with E-state index in [2.05, 4.69) is 37.7 Å². The predicted molar refractivity (Wildman–Crippen MR) is 310 cm³/mol. The summed E-state index contributed by atoms with van der Waals surface area (Å²) in [5.41, 5.74) is 5.31. The first kappa shape index (κ1) is 63.0. The summed E-state index contributed by atoms with van der Waals surface area (Å²) < 4.78 is 111. The standard InChI is InChI=1S/C54H62N4O18S6/c1-7-56-41-21-19-37-40(32-36(82(69,70)71)33-43(37)79-76-74-63)51(41)53(2,3)45(56)23-17-34-12-8-13-35(52(34)77-30-31-80(64,65)66)18-24-46-54(4,5)50-39-14-9-15-44(38(39)20-22-42(50)57(46)28-11-29-78-75-73-62)81(67,68)55(6)27-10-16-49(61)72-58-47(59)25-26-48(58)60/h9,14-15,17-24,32-33H,7-8,10-13,16,25-31H2,1-6H3,(H3-,62,63,64,65,66,69,70,71)/p+1. The zero-order valence-corrected chi connectivity index (χ0v) is 50.5. The van der Waals surface area contributed by atoms with E-state index in [4.69, 9.17) is 19.7 Å². The fraction of sp³-hybridized carbons (Fsp3) is 0.407. The van der Waals surface area contributed by atoms with Crippen molar-refractivity contribution in [3.8, 4) is 0 Å². The lowest BCUT2D eigenvalue weighted by Crippen LogP contribution is -2.32. The van der Waals surface area contributed by atoms with Gasteiger partial charge in [0.25, 0.3) is 32.1 Å². The molecule has 0 unspecified atom stereocenters. The van der Waals surface area contributed by atoms with Gasteiger partial charge in [-0.3, -0.25) is 18.7 Å². The number of nitrogens with zero attached hydrogens (tertiary/aromatic N) is 4. The quantitative estimate of drug-likeness (QED) is 0.00912. The molecule has 0 atom stereocenters. The van der Waals surface area contributed by atoms with Gasteiger partial charge in [0.15, 0.2) is 5.71 Å². The highest BCUT2D eigenvalue weighted by molar-refractivity contribution is 8.04. The largest absolute Gasteiger partial charge is 0.344 e. The first-order valence-corrected chi connectivity index (χ1v) is 33.1. The van der Waals surface area contributed by atoms with Crippen LogP contribution in [-0.2, 0) is 79.1 Å². The molecule has 3 aliphatic heterocycles. The normalized spacial score (nSPS) is 18.5. The molecule has 4 aliphatic rings. The van der Waals surface area contributed by atoms with E-state index in [0.29, 0.717) is 76.8 Å². The zero-order valence-electron chi connectivity index (χ0n) is 45.6. The molecule has 4 aromatic rings. The molecule has 0 radical (unpaired) electrons. The number of hydrogen-bond donors (Lipinski definition) is 4. The van der Waals surface area contributed by atoms with Crippen molar-refractivity contribution < 1.29 is 87.4 Å². The fourth-order valence-corrected chi connectivity index (χ4v) is 16.2. The summed E-state index contributed by atoms with van der Waals surface area (Å²) in [5.74, 6) is -2.10. The highest BCUT2D eigenvalue weighted by Crippen LogP contribution is 2.53. The summed E-state index contributed by atoms with van der Waals surface area (Å²) in [4.78, 5) is 44.3. The Hall–Kier alpha value is -5.02. The zero-order chi connectivity index (χ0) is 59.5. The van der Waals surface area contributed by atoms with Gasteiger partial charge in [-0.05, 0) is 116 Å². The molecule has 1 fully saturated rings. The number of carbonyl (C=O) groups is 3. The summed E-state index contributed by atoms with van der Waals surface area (Å²) in [5, 5.41) is 28.1. The third-order valence-electron chi connectivity index (χ3n) is 14.9. The second-order valence-electron chi connectivity index (χ2n) is 20.7. The van der Waals surface area contributed by atoms with E-state index in [0.717, 1.165) is 72.7 Å². The summed E-state index contributed by atoms with van der Waals surface area (Å²) in [6.07, 6.45) is 10.3. The molecule has 0 spiro atoms. The van der Waals surface area contributed by atoms with Crippen molar-refractivity contribution >= 4 is 123 Å². The maximum Gasteiger partial charge on any atom is 0.333 e. The Bertz CT molecular complexity index is 3710. The molecule has 2 amide bonds. The topological polar surface area (TPSA) is 293 Å². The molecule has 1 saturated heterocycles. The third-order valence-corrected chi connectivity index (χ3v) is 21.1. The molecule has 28 heteroatoms. The molecule has 442 valence electrons. The summed E-state index contributed by atoms with van der Waals surface area (Å²) in [6.45, 7) is 11.0. The number of sulfonamides is 1. The Morgan fingerprint density at radius 2 is 1.52 bits per heavy atom. The molecule has 1 aliphatic carbocycles. The van der Waals surface area contributed by atoms with E-state index in [1.165, 1.54) is 37.0 Å². The number of carbonyl (C=O) groups excluding carboxylic acids is 3. The summed E-state index contributed by atoms with van der Waals surface area (Å²) in [7, 11) is -11.8. The first-order chi connectivity index (χ1) is 38.8. The van der Waals surface area contributed by atoms with Gasteiger partial charge in [-0.1, -0.05) is 54.3 Å². The molecule has 4 N–H and O–H groups in total. The van der Waals surface area contributed by atoms with Crippen LogP contribution in [0.4, 0.5) is 11.4 Å². The van der Waals surface area contributed by atoms with Crippen LogP contribution in [0, 0.1) is 0 Å². The number of hydrogen-bond acceptors (Lipinski definition) is 20. The van der Waals surface area contributed by atoms with Gasteiger partial charge >= 0.3 is 5.97 Å². The van der Waals surface area contributed by atoms with Crippen molar-refractivity contribution in [2.45, 2.75) is 112 Å². The molecule has 22 nitrogen and oxygen atoms in total. The van der Waals surface area contributed by atoms with Crippen LogP contribution in [0.25, 0.3) is 21.5 Å². The average molecular weight is 1250 g/mol. The van der Waals surface area contributed by atoms with Crippen molar-refractivity contribution in [1.29, 1.82) is 0 Å². The maximum atomic E-state index is 14.4. The second-order valence-corrected chi connectivity index (χ2v) is 28.4. The lowest BCUT2D eigenvalue weighted by atomic mass is 9.78. The lowest BCUT2D eigenvalue weighted by Gasteiger charge is -2.27. The monoisotopic (exact) mass is 1250 g/mol. The van der Waals surface area contributed by atoms with Crippen LogP contribution in [0.5, 0.6) is 0 Å². The lowest BCUT2D eigenvalue weighted by molar-refractivity contribution is -0.438. The number of hydroxylamine groups is 2. The van der Waals surface area contributed by atoms with Crippen LogP contribution >= 0.6 is 35.8 Å². The molecule has 82 heavy (non-hydrogen) atoms. The Balaban J connectivity index is 1.16. The Labute approximate surface area is 488 Å². The van der Waals surface area contributed by atoms with Gasteiger partial charge in [-0.15, -0.1) is 25.5 Å². The van der Waals surface area contributed by atoms with E-state index >= 15 is 0 Å². The number of thioether (sulfide) groups is 1. The SMILES string of the molecule is CCN1/C(=C/C=C2\CCCC(/C=C/C3=[N+](CCCSOOO)c4ccc5c(S(=O)(=O)N(C)CCCC(=O)ON6C(=O)CCC6=O)cccc5c4C3(C)C)=C2SCCS(=O)(=O)O)C(C)(C)c2c1ccc1c(SOOO)cc(S(=O)(=O)O)cc21. The molecule has 8 rings (SSSR count). The number of rotatable bonds is 25. The Morgan fingerprint density at radius 3 is 2.21 bits per heavy atom. The molecule has 0 aromatic heterocycles. The minimum Gasteiger partial charge on any atom is -0.344 e. The van der Waals surface area contributed by atoms with Crippen molar-refractivity contribution in [3.05, 3.63) is 112 Å². The van der Waals surface area contributed by atoms with Gasteiger partial charge < -0.3 is 9.74 Å². The molecular formula is C54H63N4O18S6+. The minimum absolute atomic E-state index is 0.0444. The van der Waals surface area contributed by atoms with E-state index < -0.39 is 64.6 Å². The van der Waals surface area contributed by atoms with Crippen molar-refractivity contribution in [2.24, 2.45) is 0 Å². The predicted octanol–water partition coefficient (Wildman–Crippen LogP) is 9.75. The van der Waals surface area contributed by atoms with Crippen LogP contribution in [-0.4, -0.2) is 126 Å². The first-order valence-electron chi connectivity index (χ1n) is 26.0. The van der Waals surface area contributed by atoms with Crippen LogP contribution in [0.2, 0.25) is 0 Å². The number of imide groups is 1. The number of allylic oxidation sites excluding steroid dienone is 7. The maximum absolute atomic E-state index is 14.4. The number of fused-ring (bicyclic) bond motifs is 6.